The van der Waals surface area contributed by atoms with Crippen molar-refractivity contribution in [2.75, 3.05) is 20.6 Å². The summed E-state index contributed by atoms with van der Waals surface area (Å²) < 4.78 is 41.9. The second kappa shape index (κ2) is 9.37. The molecular formula is C25H30F3N5O. The molecule has 2 N–H and O–H groups in total. The lowest BCUT2D eigenvalue weighted by molar-refractivity contribution is -0.194. The van der Waals surface area contributed by atoms with Crippen LogP contribution in [-0.4, -0.2) is 58.8 Å². The first-order valence-electron chi connectivity index (χ1n) is 11.4. The fraction of sp³-hybridized carbons (Fsp3) is 0.480. The molecule has 34 heavy (non-hydrogen) atoms. The largest absolute Gasteiger partial charge is 0.395 e. The van der Waals surface area contributed by atoms with E-state index in [1.165, 1.54) is 6.20 Å². The molecule has 0 unspecified atom stereocenters. The molecule has 1 aliphatic carbocycles. The molecule has 0 radical (unpaired) electrons. The first-order valence-corrected chi connectivity index (χ1v) is 11.4. The van der Waals surface area contributed by atoms with Gasteiger partial charge in [0.2, 0.25) is 5.91 Å². The van der Waals surface area contributed by atoms with Gasteiger partial charge in [-0.3, -0.25) is 14.9 Å². The third-order valence-electron chi connectivity index (χ3n) is 6.97. The van der Waals surface area contributed by atoms with Crippen molar-refractivity contribution in [3.8, 4) is 0 Å². The number of fused-ring (bicyclic) bond motifs is 1. The van der Waals surface area contributed by atoms with Crippen molar-refractivity contribution < 1.29 is 18.0 Å². The maximum atomic E-state index is 14.0. The van der Waals surface area contributed by atoms with E-state index in [2.05, 4.69) is 26.6 Å². The number of nitrogens with one attached hydrogen (secondary N) is 2. The average Bonchev–Trinajstić information content (AvgIpc) is 3.46. The zero-order valence-electron chi connectivity index (χ0n) is 19.6. The summed E-state index contributed by atoms with van der Waals surface area (Å²) in [7, 11) is 3.86. The summed E-state index contributed by atoms with van der Waals surface area (Å²) in [6, 6.07) is 9.30. The number of aryl methyl sites for hydroxylation is 1. The Hall–Kier alpha value is -2.94. The van der Waals surface area contributed by atoms with Gasteiger partial charge in [0, 0.05) is 42.2 Å². The van der Waals surface area contributed by atoms with Crippen molar-refractivity contribution in [1.82, 2.24) is 25.4 Å². The van der Waals surface area contributed by atoms with Gasteiger partial charge < -0.3 is 10.2 Å². The summed E-state index contributed by atoms with van der Waals surface area (Å²) in [5, 5.41) is 10.9. The van der Waals surface area contributed by atoms with Crippen molar-refractivity contribution >= 4 is 16.8 Å². The first kappa shape index (κ1) is 24.2. The smallest absolute Gasteiger partial charge is 0.355 e. The standard InChI is InChI=1S/C25H30F3N5O/c1-16-10-18(6-9-29-16)21(24(7-8-24)25(26,27)28)13-23(34)30-15-20(33(2)3)12-17-4-5-22-19(11-17)14-31-32-22/h4-6,9-11,14,20-21H,7-8,12-13,15H2,1-3H3,(H,30,34)(H,31,32)/t20-,21-/m0/s1. The molecule has 2 aromatic heterocycles. The molecule has 0 bridgehead atoms. The van der Waals surface area contributed by atoms with Gasteiger partial charge in [-0.2, -0.15) is 18.3 Å². The molecule has 0 aliphatic heterocycles. The number of H-pyrrole nitrogens is 1. The molecule has 9 heteroatoms. The molecule has 0 spiro atoms. The minimum atomic E-state index is -4.35. The quantitative estimate of drug-likeness (QED) is 0.484. The number of hydrogen-bond donors (Lipinski definition) is 2. The number of alkyl halides is 3. The number of amides is 1. The number of pyridine rings is 1. The van der Waals surface area contributed by atoms with Crippen LogP contribution in [0.3, 0.4) is 0 Å². The highest BCUT2D eigenvalue weighted by atomic mass is 19.4. The number of halogens is 3. The molecule has 6 nitrogen and oxygen atoms in total. The van der Waals surface area contributed by atoms with E-state index in [0.29, 0.717) is 24.2 Å². The number of hydrogen-bond acceptors (Lipinski definition) is 4. The van der Waals surface area contributed by atoms with E-state index in [9.17, 15) is 18.0 Å². The van der Waals surface area contributed by atoms with E-state index in [1.54, 1.807) is 25.3 Å². The average molecular weight is 474 g/mol. The molecule has 2 heterocycles. The monoisotopic (exact) mass is 473 g/mol. The lowest BCUT2D eigenvalue weighted by Crippen LogP contribution is -2.42. The minimum Gasteiger partial charge on any atom is -0.355 e. The second-order valence-corrected chi connectivity index (χ2v) is 9.56. The first-order chi connectivity index (χ1) is 16.1. The van der Waals surface area contributed by atoms with Gasteiger partial charge in [-0.05, 0) is 75.7 Å². The van der Waals surface area contributed by atoms with Crippen LogP contribution in [0.25, 0.3) is 10.9 Å². The van der Waals surface area contributed by atoms with Gasteiger partial charge in [0.05, 0.1) is 17.1 Å². The Bertz CT molecular complexity index is 1150. The minimum absolute atomic E-state index is 0.00702. The molecule has 3 aromatic rings. The molecule has 2 atom stereocenters. The number of benzene rings is 1. The normalized spacial score (nSPS) is 17.0. The van der Waals surface area contributed by atoms with Crippen LogP contribution in [0.2, 0.25) is 0 Å². The molecule has 1 aliphatic rings. The second-order valence-electron chi connectivity index (χ2n) is 9.56. The third-order valence-corrected chi connectivity index (χ3v) is 6.97. The van der Waals surface area contributed by atoms with Crippen LogP contribution in [0.5, 0.6) is 0 Å². The third kappa shape index (κ3) is 5.09. The zero-order valence-corrected chi connectivity index (χ0v) is 19.6. The Labute approximate surface area is 196 Å². The van der Waals surface area contributed by atoms with Crippen molar-refractivity contribution in [2.24, 2.45) is 5.41 Å². The highest BCUT2D eigenvalue weighted by Crippen LogP contribution is 2.66. The summed E-state index contributed by atoms with van der Waals surface area (Å²) in [4.78, 5) is 19.0. The molecule has 0 saturated heterocycles. The summed E-state index contributed by atoms with van der Waals surface area (Å²) >= 11 is 0. The van der Waals surface area contributed by atoms with E-state index in [4.69, 9.17) is 0 Å². The highest BCUT2D eigenvalue weighted by Gasteiger charge is 2.67. The van der Waals surface area contributed by atoms with Gasteiger partial charge in [-0.25, -0.2) is 0 Å². The molecule has 1 amide bonds. The van der Waals surface area contributed by atoms with E-state index >= 15 is 0 Å². The Kier molecular flexibility index (Phi) is 6.66. The maximum Gasteiger partial charge on any atom is 0.395 e. The molecule has 1 saturated carbocycles. The number of rotatable bonds is 9. The van der Waals surface area contributed by atoms with Gasteiger partial charge in [0.1, 0.15) is 0 Å². The molecular weight excluding hydrogens is 443 g/mol. The van der Waals surface area contributed by atoms with E-state index in [-0.39, 0.29) is 31.2 Å². The Morgan fingerprint density at radius 1 is 1.24 bits per heavy atom. The number of nitrogens with zero attached hydrogens (tertiary/aromatic N) is 3. The van der Waals surface area contributed by atoms with Gasteiger partial charge in [-0.1, -0.05) is 6.07 Å². The Morgan fingerprint density at radius 2 is 2.00 bits per heavy atom. The molecule has 1 fully saturated rings. The van der Waals surface area contributed by atoms with E-state index in [0.717, 1.165) is 16.5 Å². The number of likely N-dealkylation sites (N-methyl/N-ethyl adjacent to an activating group) is 1. The van der Waals surface area contributed by atoms with Crippen LogP contribution in [0.15, 0.2) is 42.7 Å². The molecule has 1 aromatic carbocycles. The van der Waals surface area contributed by atoms with Crippen LogP contribution in [0.4, 0.5) is 13.2 Å². The van der Waals surface area contributed by atoms with E-state index in [1.807, 2.05) is 31.1 Å². The summed E-state index contributed by atoms with van der Waals surface area (Å²) in [6.07, 6.45) is -0.494. The number of aromatic nitrogens is 3. The number of carbonyl (C=O) groups excluding carboxylic acids is 1. The van der Waals surface area contributed by atoms with Gasteiger partial charge >= 0.3 is 6.18 Å². The van der Waals surface area contributed by atoms with Gasteiger partial charge in [0.25, 0.3) is 0 Å². The fourth-order valence-corrected chi connectivity index (χ4v) is 4.70. The summed E-state index contributed by atoms with van der Waals surface area (Å²) in [5.74, 6) is -1.29. The van der Waals surface area contributed by atoms with Gasteiger partial charge in [0.15, 0.2) is 0 Å². The summed E-state index contributed by atoms with van der Waals surface area (Å²) in [6.45, 7) is 2.09. The Balaban J connectivity index is 1.45. The lowest BCUT2D eigenvalue weighted by atomic mass is 9.80. The predicted octanol–water partition coefficient (Wildman–Crippen LogP) is 4.37. The molecule has 182 valence electrons. The summed E-state index contributed by atoms with van der Waals surface area (Å²) in [5.41, 5.74) is 1.38. The lowest BCUT2D eigenvalue weighted by Gasteiger charge is -2.30. The topological polar surface area (TPSA) is 73.9 Å². The SMILES string of the molecule is Cc1cc([C@H](CC(=O)NC[C@H](Cc2ccc3[nH]ncc3c2)N(C)C)C2(C(F)(F)F)CC2)ccn1. The van der Waals surface area contributed by atoms with Crippen molar-refractivity contribution in [3.05, 3.63) is 59.5 Å². The van der Waals surface area contributed by atoms with Crippen LogP contribution in [0.1, 0.15) is 42.0 Å². The van der Waals surface area contributed by atoms with Crippen molar-refractivity contribution in [3.63, 3.8) is 0 Å². The van der Waals surface area contributed by atoms with Crippen LogP contribution in [0, 0.1) is 12.3 Å². The Morgan fingerprint density at radius 3 is 2.65 bits per heavy atom. The maximum absolute atomic E-state index is 14.0. The van der Waals surface area contributed by atoms with E-state index < -0.39 is 17.5 Å². The van der Waals surface area contributed by atoms with Crippen LogP contribution < -0.4 is 5.32 Å². The van der Waals surface area contributed by atoms with Crippen LogP contribution >= 0.6 is 0 Å². The predicted molar refractivity (Wildman–Crippen MR) is 124 cm³/mol. The zero-order chi connectivity index (χ0) is 24.5. The number of aromatic amines is 1. The van der Waals surface area contributed by atoms with Gasteiger partial charge in [-0.15, -0.1) is 0 Å². The highest BCUT2D eigenvalue weighted by molar-refractivity contribution is 5.78. The van der Waals surface area contributed by atoms with Crippen molar-refractivity contribution in [1.29, 1.82) is 0 Å². The number of carbonyl (C=O) groups is 1. The van der Waals surface area contributed by atoms with Crippen LogP contribution in [-0.2, 0) is 11.2 Å². The molecule has 4 rings (SSSR count). The van der Waals surface area contributed by atoms with Crippen molar-refractivity contribution in [2.45, 2.75) is 50.7 Å². The fourth-order valence-electron chi connectivity index (χ4n) is 4.70.